The molecule has 3 aromatic rings. The number of benzene rings is 1. The Labute approximate surface area is 167 Å². The number of nitrogens with two attached hydrogens (primary N) is 1. The molecule has 8 heteroatoms. The molecule has 2 aromatic heterocycles. The zero-order valence-corrected chi connectivity index (χ0v) is 16.3. The van der Waals surface area contributed by atoms with Crippen LogP contribution in [0, 0.1) is 5.92 Å². The van der Waals surface area contributed by atoms with Crippen LogP contribution in [0.2, 0.25) is 0 Å². The van der Waals surface area contributed by atoms with E-state index in [1.54, 1.807) is 23.9 Å². The molecule has 0 atom stereocenters. The third-order valence-corrected chi connectivity index (χ3v) is 5.54. The van der Waals surface area contributed by atoms with Crippen LogP contribution in [-0.4, -0.2) is 33.4 Å². The van der Waals surface area contributed by atoms with Crippen LogP contribution >= 0.6 is 0 Å². The molecule has 1 fully saturated rings. The molecule has 1 aliphatic rings. The standard InChI is InChI=1S/C21H24N4O4/c1-28-19-11-8-15(12-23-19)25-18-5-3-2-4-17(18)24(21(25)27)13-14-6-9-16(10-7-14)29-20(22)26/h2-5,8,11-12,14,16H,6-7,9-10,13H2,1H3,(H2,22,26)/t14-,16-. The van der Waals surface area contributed by atoms with Crippen LogP contribution in [0.25, 0.3) is 16.7 Å². The van der Waals surface area contributed by atoms with Gasteiger partial charge < -0.3 is 15.2 Å². The first-order chi connectivity index (χ1) is 14.1. The maximum absolute atomic E-state index is 13.3. The topological polar surface area (TPSA) is 101 Å². The molecule has 0 bridgehead atoms. The molecule has 1 aromatic carbocycles. The van der Waals surface area contributed by atoms with Crippen molar-refractivity contribution < 1.29 is 14.3 Å². The summed E-state index contributed by atoms with van der Waals surface area (Å²) in [5.74, 6) is 0.842. The maximum atomic E-state index is 13.3. The number of primary amides is 1. The second-order valence-electron chi connectivity index (χ2n) is 7.36. The summed E-state index contributed by atoms with van der Waals surface area (Å²) in [4.78, 5) is 28.5. The van der Waals surface area contributed by atoms with E-state index in [4.69, 9.17) is 15.2 Å². The molecule has 2 heterocycles. The van der Waals surface area contributed by atoms with E-state index in [0.717, 1.165) is 36.7 Å². The summed E-state index contributed by atoms with van der Waals surface area (Å²) < 4.78 is 13.7. The average Bonchev–Trinajstić information content (AvgIpc) is 3.01. The summed E-state index contributed by atoms with van der Waals surface area (Å²) in [5, 5.41) is 0. The monoisotopic (exact) mass is 396 g/mol. The van der Waals surface area contributed by atoms with Crippen molar-refractivity contribution in [2.75, 3.05) is 7.11 Å². The van der Waals surface area contributed by atoms with Gasteiger partial charge >= 0.3 is 11.8 Å². The number of hydrogen-bond donors (Lipinski definition) is 1. The van der Waals surface area contributed by atoms with Crippen molar-refractivity contribution in [3.05, 3.63) is 53.1 Å². The Morgan fingerprint density at radius 1 is 1.14 bits per heavy atom. The largest absolute Gasteiger partial charge is 0.481 e. The van der Waals surface area contributed by atoms with E-state index in [1.807, 2.05) is 34.9 Å². The first-order valence-electron chi connectivity index (χ1n) is 9.73. The summed E-state index contributed by atoms with van der Waals surface area (Å²) in [5.41, 5.74) is 7.46. The lowest BCUT2D eigenvalue weighted by atomic mass is 9.87. The highest BCUT2D eigenvalue weighted by Crippen LogP contribution is 2.28. The molecule has 29 heavy (non-hydrogen) atoms. The normalized spacial score (nSPS) is 19.2. The van der Waals surface area contributed by atoms with Crippen molar-refractivity contribution in [2.24, 2.45) is 11.7 Å². The third-order valence-electron chi connectivity index (χ3n) is 5.54. The fourth-order valence-corrected chi connectivity index (χ4v) is 4.11. The highest BCUT2D eigenvalue weighted by atomic mass is 16.6. The van der Waals surface area contributed by atoms with E-state index in [9.17, 15) is 9.59 Å². The van der Waals surface area contributed by atoms with Crippen LogP contribution in [-0.2, 0) is 11.3 Å². The highest BCUT2D eigenvalue weighted by molar-refractivity contribution is 5.78. The van der Waals surface area contributed by atoms with E-state index in [0.29, 0.717) is 24.0 Å². The Kier molecular flexibility index (Phi) is 5.24. The van der Waals surface area contributed by atoms with Gasteiger partial charge in [0.25, 0.3) is 0 Å². The molecule has 8 nitrogen and oxygen atoms in total. The van der Waals surface area contributed by atoms with Gasteiger partial charge in [-0.1, -0.05) is 12.1 Å². The molecule has 0 unspecified atom stereocenters. The van der Waals surface area contributed by atoms with Crippen molar-refractivity contribution in [3.63, 3.8) is 0 Å². The second-order valence-corrected chi connectivity index (χ2v) is 7.36. The number of amides is 1. The predicted molar refractivity (Wildman–Crippen MR) is 108 cm³/mol. The predicted octanol–water partition coefficient (Wildman–Crippen LogP) is 2.85. The van der Waals surface area contributed by atoms with E-state index >= 15 is 0 Å². The van der Waals surface area contributed by atoms with Crippen molar-refractivity contribution in [3.8, 4) is 11.6 Å². The molecular weight excluding hydrogens is 372 g/mol. The second kappa shape index (κ2) is 7.98. The van der Waals surface area contributed by atoms with Gasteiger partial charge in [-0.05, 0) is 49.8 Å². The van der Waals surface area contributed by atoms with Gasteiger partial charge in [0, 0.05) is 12.6 Å². The maximum Gasteiger partial charge on any atom is 0.404 e. The smallest absolute Gasteiger partial charge is 0.404 e. The number of pyridine rings is 1. The zero-order valence-electron chi connectivity index (χ0n) is 16.3. The van der Waals surface area contributed by atoms with Gasteiger partial charge in [0.15, 0.2) is 0 Å². The SMILES string of the molecule is COc1ccc(-n2c(=O)n(C[C@H]3CC[C@H](OC(N)=O)CC3)c3ccccc32)cn1. The van der Waals surface area contributed by atoms with E-state index < -0.39 is 6.09 Å². The molecule has 2 N–H and O–H groups in total. The van der Waals surface area contributed by atoms with Gasteiger partial charge in [0.1, 0.15) is 6.10 Å². The van der Waals surface area contributed by atoms with E-state index in [1.165, 1.54) is 0 Å². The average molecular weight is 396 g/mol. The third kappa shape index (κ3) is 3.83. The lowest BCUT2D eigenvalue weighted by Crippen LogP contribution is -2.31. The summed E-state index contributed by atoms with van der Waals surface area (Å²) >= 11 is 0. The number of rotatable bonds is 5. The summed E-state index contributed by atoms with van der Waals surface area (Å²) in [7, 11) is 1.56. The number of carbonyl (C=O) groups is 1. The van der Waals surface area contributed by atoms with Crippen molar-refractivity contribution >= 4 is 17.1 Å². The van der Waals surface area contributed by atoms with Gasteiger partial charge in [0.05, 0.1) is 30.0 Å². The van der Waals surface area contributed by atoms with Gasteiger partial charge in [0.2, 0.25) is 5.88 Å². The number of methoxy groups -OCH3 is 1. The van der Waals surface area contributed by atoms with Crippen LogP contribution in [0.1, 0.15) is 25.7 Å². The highest BCUT2D eigenvalue weighted by Gasteiger charge is 2.25. The van der Waals surface area contributed by atoms with Crippen molar-refractivity contribution in [1.82, 2.24) is 14.1 Å². The van der Waals surface area contributed by atoms with Crippen LogP contribution < -0.4 is 16.2 Å². The van der Waals surface area contributed by atoms with Crippen molar-refractivity contribution in [2.45, 2.75) is 38.3 Å². The Bertz CT molecular complexity index is 1060. The Hall–Kier alpha value is -3.29. The lowest BCUT2D eigenvalue weighted by molar-refractivity contribution is 0.0687. The van der Waals surface area contributed by atoms with Gasteiger partial charge in [-0.25, -0.2) is 14.6 Å². The number of para-hydroxylation sites is 2. The molecule has 1 saturated carbocycles. The Morgan fingerprint density at radius 2 is 1.86 bits per heavy atom. The molecule has 152 valence electrons. The van der Waals surface area contributed by atoms with Gasteiger partial charge in [-0.15, -0.1) is 0 Å². The Morgan fingerprint density at radius 3 is 2.48 bits per heavy atom. The number of imidazole rings is 1. The molecule has 1 aliphatic carbocycles. The quantitative estimate of drug-likeness (QED) is 0.715. The lowest BCUT2D eigenvalue weighted by Gasteiger charge is -2.27. The van der Waals surface area contributed by atoms with Crippen LogP contribution in [0.15, 0.2) is 47.4 Å². The summed E-state index contributed by atoms with van der Waals surface area (Å²) in [6.07, 6.45) is 4.10. The minimum Gasteiger partial charge on any atom is -0.481 e. The molecule has 1 amide bonds. The van der Waals surface area contributed by atoms with E-state index in [-0.39, 0.29) is 11.8 Å². The first kappa shape index (κ1) is 19.0. The number of ether oxygens (including phenoxy) is 2. The van der Waals surface area contributed by atoms with Crippen LogP contribution in [0.3, 0.4) is 0 Å². The van der Waals surface area contributed by atoms with E-state index in [2.05, 4.69) is 4.98 Å². The first-order valence-corrected chi connectivity index (χ1v) is 9.73. The minimum absolute atomic E-state index is 0.0892. The molecule has 0 radical (unpaired) electrons. The fourth-order valence-electron chi connectivity index (χ4n) is 4.11. The summed E-state index contributed by atoms with van der Waals surface area (Å²) in [6, 6.07) is 11.3. The van der Waals surface area contributed by atoms with Crippen LogP contribution in [0.4, 0.5) is 4.79 Å². The molecule has 0 aliphatic heterocycles. The van der Waals surface area contributed by atoms with Crippen LogP contribution in [0.5, 0.6) is 5.88 Å². The molecule has 0 spiro atoms. The zero-order chi connectivity index (χ0) is 20.4. The molecule has 0 saturated heterocycles. The molecular formula is C21H24N4O4. The number of carbonyl (C=O) groups excluding carboxylic acids is 1. The molecule has 4 rings (SSSR count). The van der Waals surface area contributed by atoms with Gasteiger partial charge in [-0.3, -0.25) is 9.13 Å². The van der Waals surface area contributed by atoms with Crippen molar-refractivity contribution in [1.29, 1.82) is 0 Å². The Balaban J connectivity index is 1.63. The summed E-state index contributed by atoms with van der Waals surface area (Å²) in [6.45, 7) is 0.624. The number of nitrogens with zero attached hydrogens (tertiary/aromatic N) is 3. The fraction of sp³-hybridized carbons (Fsp3) is 0.381. The van der Waals surface area contributed by atoms with Gasteiger partial charge in [-0.2, -0.15) is 0 Å². The number of fused-ring (bicyclic) bond motifs is 1. The number of hydrogen-bond acceptors (Lipinski definition) is 5. The minimum atomic E-state index is -0.721. The number of aromatic nitrogens is 3.